The summed E-state index contributed by atoms with van der Waals surface area (Å²) >= 11 is 0. The number of rotatable bonds is 14. The predicted octanol–water partition coefficient (Wildman–Crippen LogP) is 15.5. The molecule has 0 saturated carbocycles. The molecular weight excluding hydrogens is 1100 g/mol. The van der Waals surface area contributed by atoms with Crippen molar-refractivity contribution in [1.29, 1.82) is 0 Å². The van der Waals surface area contributed by atoms with Gasteiger partial charge in [0.05, 0.1) is 30.3 Å². The molecule has 2 aromatic heterocycles. The van der Waals surface area contributed by atoms with Gasteiger partial charge in [0, 0.05) is 56.5 Å². The largest absolute Gasteiger partial charge is 3.00 e. The molecule has 0 aliphatic rings. The number of aromatic nitrogens is 2. The number of hydrogen-bond donors (Lipinski definition) is 0. The van der Waals surface area contributed by atoms with Crippen molar-refractivity contribution in [3.8, 4) is 22.3 Å². The summed E-state index contributed by atoms with van der Waals surface area (Å²) in [6.07, 6.45) is 3.53. The van der Waals surface area contributed by atoms with Crippen LogP contribution in [-0.2, 0) is 0 Å². The minimum Gasteiger partial charge on any atom is -0.294 e. The van der Waals surface area contributed by atoms with Crippen molar-refractivity contribution in [3.63, 3.8) is 0 Å². The van der Waals surface area contributed by atoms with E-state index < -0.39 is 0 Å². The summed E-state index contributed by atoms with van der Waals surface area (Å²) in [5.74, 6) is -0.836. The molecule has 0 bridgehead atoms. The van der Waals surface area contributed by atoms with Gasteiger partial charge in [0.1, 0.15) is 0 Å². The quantitative estimate of drug-likeness (QED) is 0.0598. The van der Waals surface area contributed by atoms with Gasteiger partial charge in [0.15, 0.2) is 34.7 Å². The topological polar surface area (TPSA) is 128 Å². The normalized spacial score (nSPS) is 10.2. The molecular formula is C69H52EuN2O6+3. The molecule has 11 aromatic rings. The van der Waals surface area contributed by atoms with Crippen molar-refractivity contribution in [2.45, 2.75) is 19.3 Å². The smallest absolute Gasteiger partial charge is 0.294 e. The molecule has 0 unspecified atom stereocenters. The van der Waals surface area contributed by atoms with E-state index in [1.165, 1.54) is 22.3 Å². The van der Waals surface area contributed by atoms with Gasteiger partial charge >= 0.3 is 49.4 Å². The summed E-state index contributed by atoms with van der Waals surface area (Å²) in [5.41, 5.74) is 10.1. The monoisotopic (exact) mass is 1160 g/mol. The van der Waals surface area contributed by atoms with Gasteiger partial charge in [-0.2, -0.15) is 0 Å². The fraction of sp³-hybridized carbons (Fsp3) is 0.0435. The second-order valence-corrected chi connectivity index (χ2v) is 17.6. The molecule has 0 amide bonds. The Bertz CT molecular complexity index is 3250. The van der Waals surface area contributed by atoms with Gasteiger partial charge in [-0.05, 0) is 34.4 Å². The second-order valence-electron chi connectivity index (χ2n) is 17.6. The standard InChI is InChI=1S/C24H16N2.3C15H12O2.Eu/c1-3-7-17(8-4-1)19-13-15-25-23-21(19)11-12-22-20(14-16-26-24(22)23)18-9-5-2-6-10-18;3*16-14(12-7-3-1-4-8-12)11-15(17)13-9-5-2-6-10-13;/h1-16H;3*1-10H,11H2;/q;;;;+3. The van der Waals surface area contributed by atoms with Crippen molar-refractivity contribution >= 4 is 56.5 Å². The van der Waals surface area contributed by atoms with Crippen LogP contribution >= 0.6 is 0 Å². The third-order valence-corrected chi connectivity index (χ3v) is 12.3. The zero-order chi connectivity index (χ0) is 53.6. The van der Waals surface area contributed by atoms with Crippen LogP contribution in [0.15, 0.2) is 279 Å². The molecule has 0 aliphatic carbocycles. The molecule has 0 spiro atoms. The number of benzene rings is 9. The SMILES string of the molecule is O=C(CC(=O)c1ccccc1)c1ccccc1.O=C(CC(=O)c1ccccc1)c1ccccc1.O=C(CC(=O)c1ccccc1)c1ccccc1.[Eu+3].c1ccc(-c2ccnc3c2ccc2c(-c4ccccc4)ccnc23)cc1. The summed E-state index contributed by atoms with van der Waals surface area (Å²) in [6, 6.07) is 82.6. The number of Topliss-reactive ketones (excluding diaryl/α,β-unsaturated/α-hetero) is 6. The van der Waals surface area contributed by atoms with Gasteiger partial charge in [0.25, 0.3) is 0 Å². The number of hydrogen-bond acceptors (Lipinski definition) is 8. The predicted molar refractivity (Wildman–Crippen MR) is 306 cm³/mol. The molecule has 11 rings (SSSR count). The summed E-state index contributed by atoms with van der Waals surface area (Å²) in [4.78, 5) is 80.2. The summed E-state index contributed by atoms with van der Waals surface area (Å²) in [5, 5.41) is 2.26. The van der Waals surface area contributed by atoms with Gasteiger partial charge in [-0.1, -0.05) is 255 Å². The van der Waals surface area contributed by atoms with Gasteiger partial charge in [0.2, 0.25) is 0 Å². The van der Waals surface area contributed by atoms with Gasteiger partial charge in [-0.3, -0.25) is 38.7 Å². The van der Waals surface area contributed by atoms with Crippen LogP contribution in [0.25, 0.3) is 44.1 Å². The number of pyridine rings is 2. The number of carbonyl (C=O) groups is 6. The average Bonchev–Trinajstić information content (AvgIpc) is 3.51. The zero-order valence-corrected chi connectivity index (χ0v) is 44.8. The minimum absolute atomic E-state index is 0. The number of nitrogens with zero attached hydrogens (tertiary/aromatic N) is 2. The van der Waals surface area contributed by atoms with Crippen molar-refractivity contribution in [2.75, 3.05) is 0 Å². The van der Waals surface area contributed by atoms with Crippen LogP contribution in [0.1, 0.15) is 81.4 Å². The van der Waals surface area contributed by atoms with Crippen molar-refractivity contribution in [2.24, 2.45) is 0 Å². The molecule has 378 valence electrons. The molecule has 0 saturated heterocycles. The molecule has 8 nitrogen and oxygen atoms in total. The second kappa shape index (κ2) is 29.6. The van der Waals surface area contributed by atoms with Crippen LogP contribution < -0.4 is 0 Å². The van der Waals surface area contributed by atoms with Crippen LogP contribution in [0.4, 0.5) is 0 Å². The molecule has 9 aromatic carbocycles. The van der Waals surface area contributed by atoms with Crippen LogP contribution in [0, 0.1) is 49.4 Å². The Hall–Kier alpha value is -8.60. The molecule has 78 heavy (non-hydrogen) atoms. The Balaban J connectivity index is 0.000000154. The van der Waals surface area contributed by atoms with Crippen molar-refractivity contribution < 1.29 is 78.1 Å². The van der Waals surface area contributed by atoms with E-state index in [9.17, 15) is 28.8 Å². The molecule has 0 radical (unpaired) electrons. The Labute approximate surface area is 494 Å². The zero-order valence-electron chi connectivity index (χ0n) is 42.4. The summed E-state index contributed by atoms with van der Waals surface area (Å²) in [7, 11) is 0. The molecule has 2 heterocycles. The summed E-state index contributed by atoms with van der Waals surface area (Å²) < 4.78 is 0. The van der Waals surface area contributed by atoms with Gasteiger partial charge in [-0.25, -0.2) is 0 Å². The van der Waals surface area contributed by atoms with E-state index in [2.05, 4.69) is 82.8 Å². The molecule has 0 aliphatic heterocycles. The Morgan fingerprint density at radius 2 is 0.436 bits per heavy atom. The number of fused-ring (bicyclic) bond motifs is 3. The van der Waals surface area contributed by atoms with E-state index in [-0.39, 0.29) is 103 Å². The van der Waals surface area contributed by atoms with Crippen LogP contribution in [0.2, 0.25) is 0 Å². The molecule has 0 atom stereocenters. The fourth-order valence-corrected chi connectivity index (χ4v) is 8.36. The molecule has 0 N–H and O–H groups in total. The first-order chi connectivity index (χ1) is 37.7. The van der Waals surface area contributed by atoms with E-state index >= 15 is 0 Å². The van der Waals surface area contributed by atoms with Gasteiger partial charge < -0.3 is 0 Å². The maximum atomic E-state index is 11.8. The van der Waals surface area contributed by atoms with E-state index in [0.717, 1.165) is 21.8 Å². The van der Waals surface area contributed by atoms with Gasteiger partial charge in [-0.15, -0.1) is 0 Å². The van der Waals surface area contributed by atoms with E-state index in [1.54, 1.807) is 146 Å². The Morgan fingerprint density at radius 3 is 0.641 bits per heavy atom. The number of ketones is 6. The Morgan fingerprint density at radius 1 is 0.244 bits per heavy atom. The first-order valence-corrected chi connectivity index (χ1v) is 25.0. The van der Waals surface area contributed by atoms with Crippen molar-refractivity contribution in [1.82, 2.24) is 9.97 Å². The fourth-order valence-electron chi connectivity index (χ4n) is 8.36. The van der Waals surface area contributed by atoms with Crippen LogP contribution in [0.3, 0.4) is 0 Å². The maximum absolute atomic E-state index is 11.8. The third kappa shape index (κ3) is 16.0. The molecule has 9 heteroatoms. The first kappa shape index (κ1) is 57.1. The van der Waals surface area contributed by atoms with E-state index in [4.69, 9.17) is 0 Å². The number of carbonyl (C=O) groups excluding carboxylic acids is 6. The first-order valence-electron chi connectivity index (χ1n) is 25.0. The third-order valence-electron chi connectivity index (χ3n) is 12.3. The maximum Gasteiger partial charge on any atom is 3.00 e. The Kier molecular flexibility index (Phi) is 21.7. The van der Waals surface area contributed by atoms with Crippen LogP contribution in [-0.4, -0.2) is 44.7 Å². The van der Waals surface area contributed by atoms with Crippen LogP contribution in [0.5, 0.6) is 0 Å². The minimum atomic E-state index is -0.139. The average molecular weight is 1160 g/mol. The van der Waals surface area contributed by atoms with E-state index in [1.807, 2.05) is 60.9 Å². The summed E-state index contributed by atoms with van der Waals surface area (Å²) in [6.45, 7) is 0. The van der Waals surface area contributed by atoms with E-state index in [0.29, 0.717) is 33.4 Å². The molecule has 0 fully saturated rings. The van der Waals surface area contributed by atoms with Crippen molar-refractivity contribution in [3.05, 3.63) is 313 Å².